The topological polar surface area (TPSA) is 131 Å². The van der Waals surface area contributed by atoms with Gasteiger partial charge in [-0.3, -0.25) is 9.59 Å². The molecule has 1 saturated carbocycles. The van der Waals surface area contributed by atoms with Gasteiger partial charge >= 0.3 is 12.0 Å². The maximum atomic E-state index is 13.4. The Balaban J connectivity index is 1.89. The number of carbonyl (C=O) groups is 3. The fraction of sp³-hybridized carbons (Fsp3) is 0.811. The zero-order valence-electron chi connectivity index (χ0n) is 29.6. The van der Waals surface area contributed by atoms with Gasteiger partial charge in [0.25, 0.3) is 0 Å². The molecule has 0 bridgehead atoms. The van der Waals surface area contributed by atoms with E-state index in [0.717, 1.165) is 64.2 Å². The van der Waals surface area contributed by atoms with Crippen molar-refractivity contribution in [1.82, 2.24) is 10.2 Å². The molecule has 9 heteroatoms. The minimum Gasteiger partial charge on any atom is -0.481 e. The summed E-state index contributed by atoms with van der Waals surface area (Å²) in [6.45, 7) is 10.2. The van der Waals surface area contributed by atoms with Gasteiger partial charge in [0.15, 0.2) is 5.79 Å². The van der Waals surface area contributed by atoms with Crippen molar-refractivity contribution in [1.29, 1.82) is 0 Å². The second-order valence-electron chi connectivity index (χ2n) is 14.5. The number of carboxylic acid groups (broad SMARTS) is 1. The van der Waals surface area contributed by atoms with E-state index in [0.29, 0.717) is 26.0 Å². The van der Waals surface area contributed by atoms with Crippen LogP contribution in [0.2, 0.25) is 0 Å². The normalized spacial score (nSPS) is 21.3. The molecule has 0 aromatic carbocycles. The van der Waals surface area contributed by atoms with Gasteiger partial charge in [-0.05, 0) is 65.2 Å². The number of amides is 3. The molecule has 2 atom stereocenters. The molecular weight excluding hydrogens is 582 g/mol. The first-order chi connectivity index (χ1) is 21.9. The second kappa shape index (κ2) is 20.1. The van der Waals surface area contributed by atoms with Crippen LogP contribution >= 0.6 is 0 Å². The molecule has 1 aliphatic carbocycles. The van der Waals surface area contributed by atoms with Crippen LogP contribution in [-0.2, 0) is 19.1 Å². The Kier molecular flexibility index (Phi) is 17.4. The number of nitrogens with two attached hydrogens (primary N) is 1. The number of rotatable bonds is 21. The molecule has 2 aliphatic rings. The van der Waals surface area contributed by atoms with E-state index in [-0.39, 0.29) is 12.5 Å². The average Bonchev–Trinajstić information content (AvgIpc) is 3.00. The highest BCUT2D eigenvalue weighted by Gasteiger charge is 2.51. The molecule has 0 spiro atoms. The quantitative estimate of drug-likeness (QED) is 0.0858. The number of primary amides is 1. The highest BCUT2D eigenvalue weighted by Crippen LogP contribution is 2.41. The Labute approximate surface area is 279 Å². The summed E-state index contributed by atoms with van der Waals surface area (Å²) >= 11 is 0. The first-order valence-electron chi connectivity index (χ1n) is 18.1. The third-order valence-corrected chi connectivity index (χ3v) is 9.67. The van der Waals surface area contributed by atoms with Crippen molar-refractivity contribution < 1.29 is 29.0 Å². The molecule has 1 saturated heterocycles. The molecule has 0 radical (unpaired) electrons. The van der Waals surface area contributed by atoms with Crippen molar-refractivity contribution in [2.24, 2.45) is 17.1 Å². The predicted molar refractivity (Wildman–Crippen MR) is 184 cm³/mol. The number of nitrogens with one attached hydrogen (secondary N) is 1. The van der Waals surface area contributed by atoms with Gasteiger partial charge in [0.05, 0.1) is 18.1 Å². The molecule has 264 valence electrons. The molecule has 4 N–H and O–H groups in total. The van der Waals surface area contributed by atoms with Crippen LogP contribution in [0.3, 0.4) is 0 Å². The Morgan fingerprint density at radius 1 is 0.891 bits per heavy atom. The van der Waals surface area contributed by atoms with Gasteiger partial charge in [-0.1, -0.05) is 103 Å². The fourth-order valence-corrected chi connectivity index (χ4v) is 6.90. The molecule has 1 heterocycles. The number of urea groups is 1. The SMILES string of the molecule is CCCCCC/C=C/C/C=C/CCCCCCCN(C(N)=O)C1(C(CNC(=O)C2OC(C)(C)OCC2(C)C)C(=O)O)CCCCC1. The van der Waals surface area contributed by atoms with E-state index in [1.807, 2.05) is 13.8 Å². The number of hydrogen-bond acceptors (Lipinski definition) is 5. The van der Waals surface area contributed by atoms with Crippen molar-refractivity contribution in [3.63, 3.8) is 0 Å². The molecule has 0 aromatic heterocycles. The molecule has 3 amide bonds. The maximum Gasteiger partial charge on any atom is 0.315 e. The van der Waals surface area contributed by atoms with Crippen LogP contribution in [0.1, 0.15) is 144 Å². The lowest BCUT2D eigenvalue weighted by molar-refractivity contribution is -0.304. The van der Waals surface area contributed by atoms with Gasteiger partial charge in [-0.2, -0.15) is 0 Å². The van der Waals surface area contributed by atoms with Gasteiger partial charge in [-0.25, -0.2) is 4.79 Å². The smallest absolute Gasteiger partial charge is 0.315 e. The lowest BCUT2D eigenvalue weighted by Crippen LogP contribution is -2.64. The minimum absolute atomic E-state index is 0.0998. The summed E-state index contributed by atoms with van der Waals surface area (Å²) in [6.07, 6.45) is 25.5. The summed E-state index contributed by atoms with van der Waals surface area (Å²) < 4.78 is 11.7. The summed E-state index contributed by atoms with van der Waals surface area (Å²) in [7, 11) is 0. The second-order valence-corrected chi connectivity index (χ2v) is 14.5. The molecule has 0 aromatic rings. The van der Waals surface area contributed by atoms with Gasteiger partial charge in [0.2, 0.25) is 5.91 Å². The number of ether oxygens (including phenoxy) is 2. The number of aliphatic carboxylic acids is 1. The Hall–Kier alpha value is -2.39. The number of nitrogens with zero attached hydrogens (tertiary/aromatic N) is 1. The van der Waals surface area contributed by atoms with Crippen LogP contribution in [0.5, 0.6) is 0 Å². The van der Waals surface area contributed by atoms with Crippen molar-refractivity contribution in [2.45, 2.75) is 161 Å². The van der Waals surface area contributed by atoms with Crippen LogP contribution in [0, 0.1) is 11.3 Å². The van der Waals surface area contributed by atoms with Crippen molar-refractivity contribution in [3.05, 3.63) is 24.3 Å². The number of hydrogen-bond donors (Lipinski definition) is 3. The predicted octanol–water partition coefficient (Wildman–Crippen LogP) is 7.88. The highest BCUT2D eigenvalue weighted by atomic mass is 16.7. The Morgan fingerprint density at radius 2 is 1.48 bits per heavy atom. The van der Waals surface area contributed by atoms with Crippen LogP contribution in [-0.4, -0.2) is 65.0 Å². The third-order valence-electron chi connectivity index (χ3n) is 9.67. The van der Waals surface area contributed by atoms with Gasteiger partial charge in [-0.15, -0.1) is 0 Å². The molecule has 46 heavy (non-hydrogen) atoms. The van der Waals surface area contributed by atoms with E-state index in [2.05, 4.69) is 36.5 Å². The van der Waals surface area contributed by atoms with Crippen LogP contribution in [0.15, 0.2) is 24.3 Å². The monoisotopic (exact) mass is 647 g/mol. The van der Waals surface area contributed by atoms with E-state index >= 15 is 0 Å². The zero-order valence-corrected chi connectivity index (χ0v) is 29.6. The maximum absolute atomic E-state index is 13.4. The van der Waals surface area contributed by atoms with E-state index in [1.54, 1.807) is 18.7 Å². The summed E-state index contributed by atoms with van der Waals surface area (Å²) in [4.78, 5) is 40.6. The zero-order chi connectivity index (χ0) is 34.1. The summed E-state index contributed by atoms with van der Waals surface area (Å²) in [5.41, 5.74) is 4.43. The lowest BCUT2D eigenvalue weighted by atomic mass is 9.71. The van der Waals surface area contributed by atoms with E-state index < -0.39 is 40.8 Å². The number of allylic oxidation sites excluding steroid dienone is 4. The number of carbonyl (C=O) groups excluding carboxylic acids is 2. The van der Waals surface area contributed by atoms with Gasteiger partial charge in [0, 0.05) is 18.5 Å². The third kappa shape index (κ3) is 13.0. The fourth-order valence-electron chi connectivity index (χ4n) is 6.90. The minimum atomic E-state index is -1.03. The van der Waals surface area contributed by atoms with Crippen molar-refractivity contribution in [2.75, 3.05) is 19.7 Å². The molecule has 2 unspecified atom stereocenters. The van der Waals surface area contributed by atoms with Crippen LogP contribution in [0.25, 0.3) is 0 Å². The molecule has 1 aliphatic heterocycles. The van der Waals surface area contributed by atoms with E-state index in [9.17, 15) is 19.5 Å². The van der Waals surface area contributed by atoms with Crippen molar-refractivity contribution >= 4 is 17.9 Å². The van der Waals surface area contributed by atoms with E-state index in [4.69, 9.17) is 15.2 Å². The first kappa shape index (κ1) is 39.8. The lowest BCUT2D eigenvalue weighted by Gasteiger charge is -2.49. The molecule has 9 nitrogen and oxygen atoms in total. The first-order valence-corrected chi connectivity index (χ1v) is 18.1. The molecular formula is C37H65N3O6. The number of unbranched alkanes of at least 4 members (excludes halogenated alkanes) is 9. The summed E-state index contributed by atoms with van der Waals surface area (Å²) in [6, 6.07) is -0.588. The largest absolute Gasteiger partial charge is 0.481 e. The Morgan fingerprint density at radius 3 is 2.07 bits per heavy atom. The summed E-state index contributed by atoms with van der Waals surface area (Å²) in [5.74, 6) is -3.30. The summed E-state index contributed by atoms with van der Waals surface area (Å²) in [5, 5.41) is 13.3. The Bertz CT molecular complexity index is 986. The van der Waals surface area contributed by atoms with E-state index in [1.165, 1.54) is 32.1 Å². The molecule has 2 fully saturated rings. The van der Waals surface area contributed by atoms with Crippen LogP contribution in [0.4, 0.5) is 4.79 Å². The highest BCUT2D eigenvalue weighted by molar-refractivity contribution is 5.83. The standard InChI is InChI=1S/C37H65N3O6/c1-6-7-8-9-10-11-12-13-14-15-16-17-18-19-20-24-27-40(34(38)44)37(25-22-21-23-26-37)30(33(42)43)28-39-32(41)31-35(2,3)29-45-36(4,5)46-31/h11-12,14-15,30-31H,6-10,13,16-29H2,1-5H3,(H2,38,44)(H,39,41)(H,42,43)/b12-11+,15-14+. The molecule has 2 rings (SSSR count). The number of carboxylic acids is 1. The van der Waals surface area contributed by atoms with Crippen molar-refractivity contribution in [3.8, 4) is 0 Å². The van der Waals surface area contributed by atoms with Gasteiger partial charge < -0.3 is 30.5 Å². The van der Waals surface area contributed by atoms with Crippen LogP contribution < -0.4 is 11.1 Å². The van der Waals surface area contributed by atoms with Gasteiger partial charge in [0.1, 0.15) is 6.10 Å². The average molecular weight is 648 g/mol.